The maximum Gasteiger partial charge on any atom is 0.0468 e. The van der Waals surface area contributed by atoms with Crippen molar-refractivity contribution in [2.75, 3.05) is 7.05 Å². The van der Waals surface area contributed by atoms with Gasteiger partial charge in [0.2, 0.25) is 0 Å². The van der Waals surface area contributed by atoms with E-state index in [0.717, 1.165) is 0 Å². The highest BCUT2D eigenvalue weighted by Crippen LogP contribution is 2.99. The Labute approximate surface area is 121 Å². The zero-order valence-electron chi connectivity index (χ0n) is 12.6. The number of nitrogens with zero attached hydrogens (tertiary/aromatic N) is 1. The molecule has 102 valence electrons. The maximum atomic E-state index is 2.73. The van der Waals surface area contributed by atoms with Gasteiger partial charge in [-0.1, -0.05) is 18.1 Å². The summed E-state index contributed by atoms with van der Waals surface area (Å²) in [6.45, 7) is 12.4. The summed E-state index contributed by atoms with van der Waals surface area (Å²) in [7, 11) is 2.30. The second-order valence-electron chi connectivity index (χ2n) is 6.94. The highest BCUT2D eigenvalue weighted by atomic mass is 32.1. The van der Waals surface area contributed by atoms with Gasteiger partial charge < -0.3 is 0 Å². The van der Waals surface area contributed by atoms with Crippen molar-refractivity contribution in [1.29, 1.82) is 0 Å². The molecule has 0 aromatic carbocycles. The largest absolute Gasteiger partial charge is 0.276 e. The first-order chi connectivity index (χ1) is 8.83. The van der Waals surface area contributed by atoms with Crippen molar-refractivity contribution in [2.45, 2.75) is 51.0 Å². The standard InChI is InChI=1S/C16H22NPS/c1-10-11(2)16(5)14(3)13(12-7-8-19-9-12)17(6)18(16)15(10,14)4/h7-9,13H,1-6H3/t13-,14?,15?,16?,18?/m0/s1. The Morgan fingerprint density at radius 3 is 2.16 bits per heavy atom. The molecule has 0 radical (unpaired) electrons. The molecule has 1 nitrogen and oxygen atoms in total. The summed E-state index contributed by atoms with van der Waals surface area (Å²) in [6.07, 6.45) is 0. The van der Waals surface area contributed by atoms with Crippen molar-refractivity contribution in [3.63, 3.8) is 0 Å². The van der Waals surface area contributed by atoms with E-state index in [-0.39, 0.29) is 8.07 Å². The summed E-state index contributed by atoms with van der Waals surface area (Å²) < 4.78 is 2.73. The summed E-state index contributed by atoms with van der Waals surface area (Å²) >= 11 is 1.84. The van der Waals surface area contributed by atoms with Crippen LogP contribution in [0.1, 0.15) is 46.2 Å². The first kappa shape index (κ1) is 12.6. The van der Waals surface area contributed by atoms with Gasteiger partial charge in [-0.05, 0) is 65.2 Å². The number of hydrogen-bond donors (Lipinski definition) is 0. The van der Waals surface area contributed by atoms with Crippen LogP contribution >= 0.6 is 19.4 Å². The van der Waals surface area contributed by atoms with Gasteiger partial charge in [-0.15, -0.1) is 0 Å². The molecule has 5 aliphatic rings. The monoisotopic (exact) mass is 291 g/mol. The lowest BCUT2D eigenvalue weighted by Crippen LogP contribution is -2.59. The van der Waals surface area contributed by atoms with Gasteiger partial charge in [0.05, 0.1) is 0 Å². The van der Waals surface area contributed by atoms with Crippen molar-refractivity contribution in [2.24, 2.45) is 5.41 Å². The van der Waals surface area contributed by atoms with E-state index in [9.17, 15) is 0 Å². The first-order valence-electron chi connectivity index (χ1n) is 7.06. The van der Waals surface area contributed by atoms with E-state index in [1.807, 2.05) is 11.3 Å². The molecular weight excluding hydrogens is 269 g/mol. The number of hydrogen-bond acceptors (Lipinski definition) is 2. The van der Waals surface area contributed by atoms with E-state index in [1.54, 1.807) is 11.1 Å². The lowest BCUT2D eigenvalue weighted by Gasteiger charge is -2.62. The molecule has 6 rings (SSSR count). The third kappa shape index (κ3) is 0.891. The maximum absolute atomic E-state index is 2.73. The van der Waals surface area contributed by atoms with Gasteiger partial charge in [0, 0.05) is 21.8 Å². The zero-order valence-corrected chi connectivity index (χ0v) is 14.3. The molecule has 3 atom stereocenters. The number of allylic oxidation sites excluding steroid dienone is 2. The van der Waals surface area contributed by atoms with E-state index in [1.165, 1.54) is 5.56 Å². The summed E-state index contributed by atoms with van der Waals surface area (Å²) in [5.41, 5.74) is 5.30. The van der Waals surface area contributed by atoms with Gasteiger partial charge in [-0.2, -0.15) is 11.3 Å². The fraction of sp³-hybridized carbons (Fsp3) is 0.625. The molecule has 0 amide bonds. The van der Waals surface area contributed by atoms with Crippen LogP contribution in [0.3, 0.4) is 0 Å². The van der Waals surface area contributed by atoms with Crippen LogP contribution in [-0.2, 0) is 0 Å². The fourth-order valence-electron chi connectivity index (χ4n) is 5.77. The van der Waals surface area contributed by atoms with Gasteiger partial charge >= 0.3 is 0 Å². The molecule has 4 aliphatic heterocycles. The molecule has 5 heterocycles. The number of thiophene rings is 1. The van der Waals surface area contributed by atoms with E-state index in [2.05, 4.69) is 63.2 Å². The molecule has 1 aromatic rings. The SMILES string of the molecule is CC1=C(C)C2(C)P3N(C)[C@@H](c4ccsc4)C2(C)C13C. The molecule has 0 spiro atoms. The highest BCUT2D eigenvalue weighted by molar-refractivity contribution is 7.62. The Morgan fingerprint density at radius 1 is 1.16 bits per heavy atom. The summed E-state index contributed by atoms with van der Waals surface area (Å²) in [5.74, 6) is 0. The van der Waals surface area contributed by atoms with Crippen molar-refractivity contribution >= 4 is 19.4 Å². The molecule has 1 aliphatic carbocycles. The number of fused-ring (bicyclic) bond motifs is 1. The molecule has 3 fully saturated rings. The fourth-order valence-corrected chi connectivity index (χ4v) is 11.6. The molecule has 2 unspecified atom stereocenters. The molecule has 19 heavy (non-hydrogen) atoms. The van der Waals surface area contributed by atoms with Crippen LogP contribution in [-0.4, -0.2) is 22.0 Å². The molecular formula is C16H22NPS. The second kappa shape index (κ2) is 3.18. The number of rotatable bonds is 1. The normalized spacial score (nSPS) is 51.9. The minimum atomic E-state index is -0.0656. The summed E-state index contributed by atoms with van der Waals surface area (Å²) in [6, 6.07) is 2.94. The minimum Gasteiger partial charge on any atom is -0.276 e. The molecule has 0 N–H and O–H groups in total. The highest BCUT2D eigenvalue weighted by Gasteiger charge is 2.87. The van der Waals surface area contributed by atoms with Crippen LogP contribution in [0.5, 0.6) is 0 Å². The first-order valence-corrected chi connectivity index (χ1v) is 9.30. The van der Waals surface area contributed by atoms with E-state index in [0.29, 0.717) is 21.8 Å². The van der Waals surface area contributed by atoms with Crippen molar-refractivity contribution < 1.29 is 0 Å². The van der Waals surface area contributed by atoms with E-state index < -0.39 is 0 Å². The summed E-state index contributed by atoms with van der Waals surface area (Å²) in [5, 5.41) is 5.46. The van der Waals surface area contributed by atoms with Crippen molar-refractivity contribution in [3.05, 3.63) is 33.5 Å². The topological polar surface area (TPSA) is 3.24 Å². The lowest BCUT2D eigenvalue weighted by molar-refractivity contribution is 0.147. The van der Waals surface area contributed by atoms with Crippen LogP contribution < -0.4 is 0 Å². The Kier molecular flexibility index (Phi) is 2.10. The summed E-state index contributed by atoms with van der Waals surface area (Å²) in [4.78, 5) is 0. The predicted molar refractivity (Wildman–Crippen MR) is 85.0 cm³/mol. The lowest BCUT2D eigenvalue weighted by atomic mass is 9.63. The Balaban J connectivity index is 1.96. The van der Waals surface area contributed by atoms with E-state index >= 15 is 0 Å². The van der Waals surface area contributed by atoms with E-state index in [4.69, 9.17) is 0 Å². The third-order valence-electron chi connectivity index (χ3n) is 6.99. The Morgan fingerprint density at radius 2 is 1.74 bits per heavy atom. The molecule has 1 aromatic heterocycles. The Hall–Kier alpha value is -0.170. The molecule has 3 saturated heterocycles. The Bertz CT molecular complexity index is 578. The minimum absolute atomic E-state index is 0.0656. The second-order valence-corrected chi connectivity index (χ2v) is 10.8. The smallest absolute Gasteiger partial charge is 0.0468 e. The third-order valence-corrected chi connectivity index (χ3v) is 11.8. The molecule has 4 bridgehead atoms. The quantitative estimate of drug-likeness (QED) is 0.519. The molecule has 0 saturated carbocycles. The predicted octanol–water partition coefficient (Wildman–Crippen LogP) is 5.02. The van der Waals surface area contributed by atoms with Gasteiger partial charge in [-0.3, -0.25) is 4.67 Å². The van der Waals surface area contributed by atoms with Crippen LogP contribution in [0.2, 0.25) is 0 Å². The van der Waals surface area contributed by atoms with Crippen LogP contribution in [0.15, 0.2) is 28.0 Å². The average Bonchev–Trinajstić information content (AvgIpc) is 3.04. The van der Waals surface area contributed by atoms with Gasteiger partial charge in [0.1, 0.15) is 0 Å². The van der Waals surface area contributed by atoms with Crippen LogP contribution in [0.25, 0.3) is 0 Å². The van der Waals surface area contributed by atoms with Crippen LogP contribution in [0, 0.1) is 5.41 Å². The van der Waals surface area contributed by atoms with Gasteiger partial charge in [0.15, 0.2) is 0 Å². The van der Waals surface area contributed by atoms with Crippen LogP contribution in [0.4, 0.5) is 0 Å². The van der Waals surface area contributed by atoms with Gasteiger partial charge in [-0.25, -0.2) is 0 Å². The van der Waals surface area contributed by atoms with Crippen molar-refractivity contribution in [1.82, 2.24) is 4.67 Å². The van der Waals surface area contributed by atoms with Crippen molar-refractivity contribution in [3.8, 4) is 0 Å². The van der Waals surface area contributed by atoms with Gasteiger partial charge in [0.25, 0.3) is 0 Å². The average molecular weight is 291 g/mol. The molecule has 3 heteroatoms. The zero-order chi connectivity index (χ0) is 13.8.